The third kappa shape index (κ3) is 6.61. The quantitative estimate of drug-likeness (QED) is 0.512. The van der Waals surface area contributed by atoms with Crippen LogP contribution >= 0.6 is 0 Å². The second-order valence-electron chi connectivity index (χ2n) is 7.93. The van der Waals surface area contributed by atoms with Crippen LogP contribution in [0.3, 0.4) is 0 Å². The number of nitrogens with one attached hydrogen (secondary N) is 1. The van der Waals surface area contributed by atoms with Gasteiger partial charge in [-0.2, -0.15) is 0 Å². The van der Waals surface area contributed by atoms with Crippen molar-refractivity contribution in [3.63, 3.8) is 0 Å². The number of hydrogen-bond donors (Lipinski definition) is 2. The van der Waals surface area contributed by atoms with Crippen LogP contribution in [-0.4, -0.2) is 61.0 Å². The van der Waals surface area contributed by atoms with Crippen LogP contribution in [0.25, 0.3) is 11.1 Å². The fourth-order valence-electron chi connectivity index (χ4n) is 3.69. The number of aromatic nitrogens is 1. The minimum atomic E-state index is -0.644. The van der Waals surface area contributed by atoms with Gasteiger partial charge in [0.2, 0.25) is 0 Å². The lowest BCUT2D eigenvalue weighted by atomic mass is 10.1. The zero-order valence-corrected chi connectivity index (χ0v) is 18.3. The first-order valence-corrected chi connectivity index (χ1v) is 11.2. The van der Waals surface area contributed by atoms with Crippen LogP contribution in [0.2, 0.25) is 0 Å². The number of pyridine rings is 1. The number of aliphatic hydroxyl groups is 1. The lowest BCUT2D eigenvalue weighted by Gasteiger charge is -2.26. The van der Waals surface area contributed by atoms with E-state index >= 15 is 0 Å². The highest BCUT2D eigenvalue weighted by molar-refractivity contribution is 5.63. The van der Waals surface area contributed by atoms with E-state index in [1.54, 1.807) is 0 Å². The SMILES string of the molecule is OC(CNCc1ccccc1)c1ccc(-c2ccc(OCCN3CCOCC3)cc2)cn1. The monoisotopic (exact) mass is 433 g/mol. The van der Waals surface area contributed by atoms with Gasteiger partial charge < -0.3 is 19.9 Å². The number of hydrogen-bond acceptors (Lipinski definition) is 6. The van der Waals surface area contributed by atoms with E-state index in [0.29, 0.717) is 18.8 Å². The predicted molar refractivity (Wildman–Crippen MR) is 126 cm³/mol. The average molecular weight is 434 g/mol. The molecule has 2 N–H and O–H groups in total. The molecule has 2 heterocycles. The minimum Gasteiger partial charge on any atom is -0.492 e. The Kier molecular flexibility index (Phi) is 8.23. The van der Waals surface area contributed by atoms with Gasteiger partial charge in [-0.1, -0.05) is 48.5 Å². The van der Waals surface area contributed by atoms with Gasteiger partial charge in [-0.3, -0.25) is 9.88 Å². The molecular weight excluding hydrogens is 402 g/mol. The Morgan fingerprint density at radius 1 is 0.969 bits per heavy atom. The number of aliphatic hydroxyl groups excluding tert-OH is 1. The fraction of sp³-hybridized carbons (Fsp3) is 0.346. The fourth-order valence-corrected chi connectivity index (χ4v) is 3.69. The largest absolute Gasteiger partial charge is 0.492 e. The first-order valence-electron chi connectivity index (χ1n) is 11.2. The molecule has 2 aromatic carbocycles. The Bertz CT molecular complexity index is 927. The van der Waals surface area contributed by atoms with Crippen LogP contribution in [0.15, 0.2) is 72.9 Å². The van der Waals surface area contributed by atoms with Gasteiger partial charge in [0.15, 0.2) is 0 Å². The molecule has 0 aliphatic carbocycles. The van der Waals surface area contributed by atoms with E-state index in [4.69, 9.17) is 9.47 Å². The third-order valence-corrected chi connectivity index (χ3v) is 5.61. The van der Waals surface area contributed by atoms with E-state index in [1.807, 2.05) is 60.8 Å². The molecule has 1 aliphatic heterocycles. The molecule has 1 aliphatic rings. The van der Waals surface area contributed by atoms with E-state index < -0.39 is 6.10 Å². The van der Waals surface area contributed by atoms with Gasteiger partial charge in [0, 0.05) is 44.5 Å². The molecule has 1 unspecified atom stereocenters. The maximum Gasteiger partial charge on any atom is 0.119 e. The molecule has 3 aromatic rings. The summed E-state index contributed by atoms with van der Waals surface area (Å²) in [5.41, 5.74) is 3.94. The van der Waals surface area contributed by atoms with Gasteiger partial charge in [-0.15, -0.1) is 0 Å². The maximum atomic E-state index is 10.4. The van der Waals surface area contributed by atoms with Crippen molar-refractivity contribution in [3.8, 4) is 16.9 Å². The Morgan fingerprint density at radius 2 is 1.72 bits per heavy atom. The first-order chi connectivity index (χ1) is 15.8. The second-order valence-corrected chi connectivity index (χ2v) is 7.93. The Balaban J connectivity index is 1.23. The topological polar surface area (TPSA) is 66.8 Å². The molecular formula is C26H31N3O3. The summed E-state index contributed by atoms with van der Waals surface area (Å²) in [6.07, 6.45) is 1.17. The van der Waals surface area contributed by atoms with Crippen molar-refractivity contribution >= 4 is 0 Å². The highest BCUT2D eigenvalue weighted by Crippen LogP contribution is 2.23. The summed E-state index contributed by atoms with van der Waals surface area (Å²) in [7, 11) is 0. The van der Waals surface area contributed by atoms with Gasteiger partial charge in [0.1, 0.15) is 18.5 Å². The number of morpholine rings is 1. The highest BCUT2D eigenvalue weighted by atomic mass is 16.5. The summed E-state index contributed by atoms with van der Waals surface area (Å²) in [6.45, 7) is 6.33. The lowest BCUT2D eigenvalue weighted by molar-refractivity contribution is 0.0322. The zero-order chi connectivity index (χ0) is 22.0. The molecule has 1 atom stereocenters. The van der Waals surface area contributed by atoms with Gasteiger partial charge in [0.05, 0.1) is 18.9 Å². The summed E-state index contributed by atoms with van der Waals surface area (Å²) < 4.78 is 11.3. The molecule has 0 radical (unpaired) electrons. The molecule has 1 saturated heterocycles. The Morgan fingerprint density at radius 3 is 2.44 bits per heavy atom. The summed E-state index contributed by atoms with van der Waals surface area (Å²) >= 11 is 0. The van der Waals surface area contributed by atoms with Crippen LogP contribution in [0.5, 0.6) is 5.75 Å². The van der Waals surface area contributed by atoms with Gasteiger partial charge >= 0.3 is 0 Å². The minimum absolute atomic E-state index is 0.456. The van der Waals surface area contributed by atoms with Crippen molar-refractivity contribution in [2.75, 3.05) is 46.0 Å². The smallest absolute Gasteiger partial charge is 0.119 e. The van der Waals surface area contributed by atoms with E-state index in [2.05, 4.69) is 27.3 Å². The van der Waals surface area contributed by atoms with Crippen molar-refractivity contribution in [2.45, 2.75) is 12.6 Å². The molecule has 32 heavy (non-hydrogen) atoms. The molecule has 0 spiro atoms. The molecule has 1 fully saturated rings. The normalized spacial score (nSPS) is 15.4. The van der Waals surface area contributed by atoms with E-state index in [9.17, 15) is 5.11 Å². The summed E-state index contributed by atoms with van der Waals surface area (Å²) in [5.74, 6) is 0.867. The number of ether oxygens (including phenoxy) is 2. The van der Waals surface area contributed by atoms with Crippen molar-refractivity contribution in [3.05, 3.63) is 84.2 Å². The van der Waals surface area contributed by atoms with Crippen LogP contribution in [0, 0.1) is 0 Å². The average Bonchev–Trinajstić information content (AvgIpc) is 2.86. The first kappa shape index (κ1) is 22.4. The van der Waals surface area contributed by atoms with Crippen LogP contribution < -0.4 is 10.1 Å². The van der Waals surface area contributed by atoms with Gasteiger partial charge in [-0.05, 0) is 29.3 Å². The van der Waals surface area contributed by atoms with Crippen molar-refractivity contribution < 1.29 is 14.6 Å². The van der Waals surface area contributed by atoms with Crippen molar-refractivity contribution in [1.82, 2.24) is 15.2 Å². The standard InChI is InChI=1S/C26H31N3O3/c30-26(20-27-18-21-4-2-1-3-5-21)25-11-8-23(19-28-25)22-6-9-24(10-7-22)32-17-14-29-12-15-31-16-13-29/h1-11,19,26-27,30H,12-18,20H2. The van der Waals surface area contributed by atoms with Gasteiger partial charge in [-0.25, -0.2) is 0 Å². The summed E-state index contributed by atoms with van der Waals surface area (Å²) in [6, 6.07) is 22.1. The number of rotatable bonds is 10. The third-order valence-electron chi connectivity index (χ3n) is 5.61. The predicted octanol–water partition coefficient (Wildman–Crippen LogP) is 3.28. The molecule has 0 amide bonds. The van der Waals surface area contributed by atoms with Crippen molar-refractivity contribution in [1.29, 1.82) is 0 Å². The highest BCUT2D eigenvalue weighted by Gasteiger charge is 2.11. The Hall–Kier alpha value is -2.77. The molecule has 6 nitrogen and oxygen atoms in total. The van der Waals surface area contributed by atoms with Crippen molar-refractivity contribution in [2.24, 2.45) is 0 Å². The Labute approximate surface area is 189 Å². The van der Waals surface area contributed by atoms with Crippen LogP contribution in [0.4, 0.5) is 0 Å². The molecule has 6 heteroatoms. The van der Waals surface area contributed by atoms with Crippen LogP contribution in [0.1, 0.15) is 17.4 Å². The summed E-state index contributed by atoms with van der Waals surface area (Å²) in [5, 5.41) is 13.7. The van der Waals surface area contributed by atoms with E-state index in [1.165, 1.54) is 5.56 Å². The van der Waals surface area contributed by atoms with E-state index in [0.717, 1.165) is 56.3 Å². The molecule has 4 rings (SSSR count). The number of benzene rings is 2. The maximum absolute atomic E-state index is 10.4. The van der Waals surface area contributed by atoms with E-state index in [-0.39, 0.29) is 0 Å². The molecule has 0 saturated carbocycles. The zero-order valence-electron chi connectivity index (χ0n) is 18.3. The molecule has 168 valence electrons. The second kappa shape index (κ2) is 11.7. The van der Waals surface area contributed by atoms with Gasteiger partial charge in [0.25, 0.3) is 0 Å². The molecule has 0 bridgehead atoms. The lowest BCUT2D eigenvalue weighted by Crippen LogP contribution is -2.38. The number of nitrogens with zero attached hydrogens (tertiary/aromatic N) is 2. The summed E-state index contributed by atoms with van der Waals surface area (Å²) in [4.78, 5) is 6.83. The van der Waals surface area contributed by atoms with Crippen LogP contribution in [-0.2, 0) is 11.3 Å². The molecule has 1 aromatic heterocycles.